The average molecular weight is 325 g/mol. The Labute approximate surface area is 133 Å². The van der Waals surface area contributed by atoms with Gasteiger partial charge < -0.3 is 10.0 Å². The zero-order valence-corrected chi connectivity index (χ0v) is 13.5. The Morgan fingerprint density at radius 3 is 2.67 bits per heavy atom. The molecule has 6 heteroatoms. The van der Waals surface area contributed by atoms with Crippen LogP contribution in [0.2, 0.25) is 5.02 Å². The SMILES string of the molecule is Cc1nc(CN(C)C(=O)CC(O)c2ccc(Cl)cc2)cs1. The van der Waals surface area contributed by atoms with E-state index in [1.165, 1.54) is 0 Å². The van der Waals surface area contributed by atoms with E-state index in [1.807, 2.05) is 12.3 Å². The minimum Gasteiger partial charge on any atom is -0.388 e. The second-order valence-electron chi connectivity index (χ2n) is 4.88. The van der Waals surface area contributed by atoms with E-state index in [9.17, 15) is 9.90 Å². The van der Waals surface area contributed by atoms with Crippen LogP contribution < -0.4 is 0 Å². The number of rotatable bonds is 5. The van der Waals surface area contributed by atoms with Gasteiger partial charge in [-0.05, 0) is 24.6 Å². The predicted molar refractivity (Wildman–Crippen MR) is 84.4 cm³/mol. The molecule has 1 aromatic carbocycles. The van der Waals surface area contributed by atoms with Crippen LogP contribution in [0.4, 0.5) is 0 Å². The predicted octanol–water partition coefficient (Wildman–Crippen LogP) is 3.19. The van der Waals surface area contributed by atoms with Crippen molar-refractivity contribution in [3.63, 3.8) is 0 Å². The van der Waals surface area contributed by atoms with Crippen LogP contribution in [0.15, 0.2) is 29.6 Å². The molecule has 4 nitrogen and oxygen atoms in total. The molecule has 0 radical (unpaired) electrons. The number of benzene rings is 1. The number of hydrogen-bond donors (Lipinski definition) is 1. The van der Waals surface area contributed by atoms with Crippen molar-refractivity contribution in [3.05, 3.63) is 50.9 Å². The van der Waals surface area contributed by atoms with E-state index in [0.29, 0.717) is 17.1 Å². The summed E-state index contributed by atoms with van der Waals surface area (Å²) >= 11 is 7.36. The van der Waals surface area contributed by atoms with Crippen molar-refractivity contribution in [3.8, 4) is 0 Å². The Morgan fingerprint density at radius 1 is 1.43 bits per heavy atom. The third kappa shape index (κ3) is 4.52. The maximum absolute atomic E-state index is 12.1. The van der Waals surface area contributed by atoms with Crippen molar-refractivity contribution < 1.29 is 9.90 Å². The van der Waals surface area contributed by atoms with Crippen molar-refractivity contribution in [2.75, 3.05) is 7.05 Å². The van der Waals surface area contributed by atoms with Gasteiger partial charge in [0, 0.05) is 17.5 Å². The fourth-order valence-electron chi connectivity index (χ4n) is 1.94. The first-order valence-electron chi connectivity index (χ1n) is 6.54. The van der Waals surface area contributed by atoms with Gasteiger partial charge in [-0.3, -0.25) is 4.79 Å². The van der Waals surface area contributed by atoms with Gasteiger partial charge in [-0.15, -0.1) is 11.3 Å². The third-order valence-electron chi connectivity index (χ3n) is 3.11. The standard InChI is InChI=1S/C15H17ClN2O2S/c1-10-17-13(9-21-10)8-18(2)15(20)7-14(19)11-3-5-12(16)6-4-11/h3-6,9,14,19H,7-8H2,1-2H3. The molecule has 0 fully saturated rings. The summed E-state index contributed by atoms with van der Waals surface area (Å²) < 4.78 is 0. The zero-order valence-electron chi connectivity index (χ0n) is 11.9. The highest BCUT2D eigenvalue weighted by molar-refractivity contribution is 7.09. The number of aromatic nitrogens is 1. The van der Waals surface area contributed by atoms with Gasteiger partial charge in [0.2, 0.25) is 5.91 Å². The number of thiazole rings is 1. The first kappa shape index (κ1) is 15.9. The number of aliphatic hydroxyl groups is 1. The van der Waals surface area contributed by atoms with Gasteiger partial charge >= 0.3 is 0 Å². The number of amides is 1. The van der Waals surface area contributed by atoms with Gasteiger partial charge in [0.25, 0.3) is 0 Å². The fraction of sp³-hybridized carbons (Fsp3) is 0.333. The lowest BCUT2D eigenvalue weighted by molar-refractivity contribution is -0.132. The maximum Gasteiger partial charge on any atom is 0.225 e. The minimum absolute atomic E-state index is 0.0429. The molecule has 0 saturated carbocycles. The van der Waals surface area contributed by atoms with E-state index in [-0.39, 0.29) is 12.3 Å². The molecule has 1 N–H and O–H groups in total. The molecule has 0 aliphatic rings. The molecule has 112 valence electrons. The molecule has 0 saturated heterocycles. The number of carbonyl (C=O) groups is 1. The van der Waals surface area contributed by atoms with Crippen LogP contribution in [0.1, 0.15) is 28.8 Å². The van der Waals surface area contributed by atoms with Crippen LogP contribution in [0.5, 0.6) is 0 Å². The van der Waals surface area contributed by atoms with Crippen molar-refractivity contribution in [2.45, 2.75) is 26.0 Å². The lowest BCUT2D eigenvalue weighted by Crippen LogP contribution is -2.27. The highest BCUT2D eigenvalue weighted by Gasteiger charge is 2.17. The monoisotopic (exact) mass is 324 g/mol. The van der Waals surface area contributed by atoms with Gasteiger partial charge in [-0.1, -0.05) is 23.7 Å². The van der Waals surface area contributed by atoms with Crippen LogP contribution in [0.25, 0.3) is 0 Å². The Balaban J connectivity index is 1.92. The summed E-state index contributed by atoms with van der Waals surface area (Å²) in [6, 6.07) is 6.85. The number of aryl methyl sites for hydroxylation is 1. The molecule has 2 aromatic rings. The summed E-state index contributed by atoms with van der Waals surface area (Å²) in [4.78, 5) is 18.0. The van der Waals surface area contributed by atoms with E-state index in [0.717, 1.165) is 10.7 Å². The van der Waals surface area contributed by atoms with E-state index >= 15 is 0 Å². The Bertz CT molecular complexity index is 612. The van der Waals surface area contributed by atoms with Gasteiger partial charge in [0.05, 0.1) is 29.8 Å². The summed E-state index contributed by atoms with van der Waals surface area (Å²) in [5, 5.41) is 13.6. The molecule has 2 rings (SSSR count). The van der Waals surface area contributed by atoms with E-state index in [4.69, 9.17) is 11.6 Å². The second-order valence-corrected chi connectivity index (χ2v) is 6.38. The molecule has 1 atom stereocenters. The van der Waals surface area contributed by atoms with Crippen molar-refractivity contribution >= 4 is 28.8 Å². The molecule has 0 aliphatic heterocycles. The Morgan fingerprint density at radius 2 is 2.10 bits per heavy atom. The van der Waals surface area contributed by atoms with E-state index in [1.54, 1.807) is 47.5 Å². The third-order valence-corrected chi connectivity index (χ3v) is 4.19. The highest BCUT2D eigenvalue weighted by Crippen LogP contribution is 2.20. The second kappa shape index (κ2) is 7.02. The quantitative estimate of drug-likeness (QED) is 0.919. The lowest BCUT2D eigenvalue weighted by Gasteiger charge is -2.18. The average Bonchev–Trinajstić information content (AvgIpc) is 2.84. The van der Waals surface area contributed by atoms with Gasteiger partial charge in [-0.2, -0.15) is 0 Å². The van der Waals surface area contributed by atoms with E-state index in [2.05, 4.69) is 4.98 Å². The first-order chi connectivity index (χ1) is 9.95. The smallest absolute Gasteiger partial charge is 0.225 e. The van der Waals surface area contributed by atoms with Gasteiger partial charge in [-0.25, -0.2) is 4.98 Å². The van der Waals surface area contributed by atoms with Crippen LogP contribution in [0, 0.1) is 6.92 Å². The molecule has 21 heavy (non-hydrogen) atoms. The molecular formula is C15H17ClN2O2S. The van der Waals surface area contributed by atoms with Crippen LogP contribution in [0.3, 0.4) is 0 Å². The molecule has 1 unspecified atom stereocenters. The Hall–Kier alpha value is -1.43. The number of nitrogens with zero attached hydrogens (tertiary/aromatic N) is 2. The minimum atomic E-state index is -0.825. The van der Waals surface area contributed by atoms with Gasteiger partial charge in [0.15, 0.2) is 0 Å². The topological polar surface area (TPSA) is 53.4 Å². The summed E-state index contributed by atoms with van der Waals surface area (Å²) in [5.41, 5.74) is 1.56. The number of aliphatic hydroxyl groups excluding tert-OH is 1. The highest BCUT2D eigenvalue weighted by atomic mass is 35.5. The molecule has 0 aliphatic carbocycles. The van der Waals surface area contributed by atoms with Crippen molar-refractivity contribution in [2.24, 2.45) is 0 Å². The molecular weight excluding hydrogens is 308 g/mol. The lowest BCUT2D eigenvalue weighted by atomic mass is 10.1. The van der Waals surface area contributed by atoms with E-state index < -0.39 is 6.10 Å². The number of halogens is 1. The Kier molecular flexibility index (Phi) is 5.33. The number of carbonyl (C=O) groups excluding carboxylic acids is 1. The largest absolute Gasteiger partial charge is 0.388 e. The maximum atomic E-state index is 12.1. The molecule has 1 amide bonds. The first-order valence-corrected chi connectivity index (χ1v) is 7.80. The van der Waals surface area contributed by atoms with Crippen LogP contribution in [-0.4, -0.2) is 27.9 Å². The van der Waals surface area contributed by atoms with Crippen molar-refractivity contribution in [1.29, 1.82) is 0 Å². The normalized spacial score (nSPS) is 12.2. The van der Waals surface area contributed by atoms with Crippen LogP contribution >= 0.6 is 22.9 Å². The summed E-state index contributed by atoms with van der Waals surface area (Å²) in [5.74, 6) is -0.122. The summed E-state index contributed by atoms with van der Waals surface area (Å²) in [6.45, 7) is 2.39. The van der Waals surface area contributed by atoms with Gasteiger partial charge in [0.1, 0.15) is 0 Å². The number of hydrogen-bond acceptors (Lipinski definition) is 4. The summed E-state index contributed by atoms with van der Waals surface area (Å²) in [7, 11) is 1.71. The molecule has 1 heterocycles. The fourth-order valence-corrected chi connectivity index (χ4v) is 2.67. The van der Waals surface area contributed by atoms with Crippen molar-refractivity contribution in [1.82, 2.24) is 9.88 Å². The van der Waals surface area contributed by atoms with Crippen LogP contribution in [-0.2, 0) is 11.3 Å². The zero-order chi connectivity index (χ0) is 15.4. The summed E-state index contributed by atoms with van der Waals surface area (Å²) in [6.07, 6.45) is -0.782. The molecule has 1 aromatic heterocycles. The molecule has 0 bridgehead atoms. The molecule has 0 spiro atoms.